The molecule has 34 heavy (non-hydrogen) atoms. The molecule has 1 aromatic carbocycles. The second-order valence-corrected chi connectivity index (χ2v) is 7.69. The summed E-state index contributed by atoms with van der Waals surface area (Å²) in [6, 6.07) is 9.19. The van der Waals surface area contributed by atoms with Crippen molar-refractivity contribution in [3.05, 3.63) is 54.5 Å². The van der Waals surface area contributed by atoms with Crippen molar-refractivity contribution in [1.29, 1.82) is 0 Å². The van der Waals surface area contributed by atoms with Gasteiger partial charge < -0.3 is 20.6 Å². The Kier molecular flexibility index (Phi) is 8.33. The van der Waals surface area contributed by atoms with Gasteiger partial charge in [-0.05, 0) is 53.6 Å². The van der Waals surface area contributed by atoms with Crippen LogP contribution < -0.4 is 16.0 Å². The first-order chi connectivity index (χ1) is 16.4. The lowest BCUT2D eigenvalue weighted by atomic mass is 9.96. The van der Waals surface area contributed by atoms with Crippen molar-refractivity contribution in [3.8, 4) is 11.1 Å². The first kappa shape index (κ1) is 24.4. The minimum atomic E-state index is -1.02. The summed E-state index contributed by atoms with van der Waals surface area (Å²) in [6.45, 7) is 2.92. The largest absolute Gasteiger partial charge is 0.465 e. The fraction of sp³-hybridized carbons (Fsp3) is 0.292. The second kappa shape index (κ2) is 11.6. The van der Waals surface area contributed by atoms with Crippen LogP contribution in [0.5, 0.6) is 0 Å². The number of carbonyl (C=O) groups excluding carboxylic acids is 2. The highest BCUT2D eigenvalue weighted by atomic mass is 16.4. The van der Waals surface area contributed by atoms with Gasteiger partial charge in [0.25, 0.3) is 0 Å². The van der Waals surface area contributed by atoms with Crippen molar-refractivity contribution in [2.45, 2.75) is 26.3 Å². The third-order valence-corrected chi connectivity index (χ3v) is 5.26. The fourth-order valence-electron chi connectivity index (χ4n) is 3.48. The van der Waals surface area contributed by atoms with Gasteiger partial charge in [-0.2, -0.15) is 0 Å². The summed E-state index contributed by atoms with van der Waals surface area (Å²) in [5.41, 5.74) is 2.79. The molecule has 2 aromatic heterocycles. The molecule has 0 radical (unpaired) electrons. The molecule has 2 heterocycles. The third kappa shape index (κ3) is 6.41. The van der Waals surface area contributed by atoms with Crippen LogP contribution in [-0.2, 0) is 11.3 Å². The van der Waals surface area contributed by atoms with Gasteiger partial charge in [0.2, 0.25) is 5.91 Å². The predicted molar refractivity (Wildman–Crippen MR) is 129 cm³/mol. The smallest absolute Gasteiger partial charge is 0.407 e. The molecule has 178 valence electrons. The number of fused-ring (bicyclic) bond motifs is 1. The van der Waals surface area contributed by atoms with E-state index in [0.29, 0.717) is 25.3 Å². The highest BCUT2D eigenvalue weighted by Crippen LogP contribution is 2.31. The van der Waals surface area contributed by atoms with Crippen LogP contribution in [0.15, 0.2) is 48.9 Å². The van der Waals surface area contributed by atoms with E-state index in [9.17, 15) is 14.4 Å². The summed E-state index contributed by atoms with van der Waals surface area (Å²) in [5, 5.41) is 18.9. The van der Waals surface area contributed by atoms with Crippen LogP contribution in [-0.4, -0.2) is 58.1 Å². The van der Waals surface area contributed by atoms with Gasteiger partial charge >= 0.3 is 12.1 Å². The monoisotopic (exact) mass is 464 g/mol. The Bertz CT molecular complexity index is 1170. The maximum absolute atomic E-state index is 12.3. The Morgan fingerprint density at radius 2 is 1.82 bits per heavy atom. The van der Waals surface area contributed by atoms with Gasteiger partial charge in [-0.25, -0.2) is 14.6 Å². The van der Waals surface area contributed by atoms with E-state index in [1.165, 1.54) is 7.05 Å². The molecule has 0 unspecified atom stereocenters. The average Bonchev–Trinajstić information content (AvgIpc) is 2.83. The zero-order valence-electron chi connectivity index (χ0n) is 19.2. The number of hydrogen-bond donors (Lipinski definition) is 4. The highest BCUT2D eigenvalue weighted by Gasteiger charge is 2.12. The number of amides is 4. The summed E-state index contributed by atoms with van der Waals surface area (Å²) in [4.78, 5) is 44.7. The van der Waals surface area contributed by atoms with Crippen LogP contribution in [0, 0.1) is 0 Å². The van der Waals surface area contributed by atoms with Crippen LogP contribution in [0.3, 0.4) is 0 Å². The van der Waals surface area contributed by atoms with E-state index in [-0.39, 0.29) is 24.9 Å². The SMILES string of the molecule is CCNC(=O)Nc1cc2c(-c3ccncc3)ccc(CNC(=O)CCCN(C)C(=O)O)c2cn1. The molecule has 0 aliphatic heterocycles. The van der Waals surface area contributed by atoms with Gasteiger partial charge in [0.1, 0.15) is 5.82 Å². The van der Waals surface area contributed by atoms with Gasteiger partial charge in [0.05, 0.1) is 0 Å². The summed E-state index contributed by atoms with van der Waals surface area (Å²) in [7, 11) is 1.47. The number of carboxylic acid groups (broad SMARTS) is 1. The number of rotatable bonds is 9. The normalized spacial score (nSPS) is 10.5. The minimum Gasteiger partial charge on any atom is -0.465 e. The number of nitrogens with one attached hydrogen (secondary N) is 3. The predicted octanol–water partition coefficient (Wildman–Crippen LogP) is 3.44. The molecule has 4 N–H and O–H groups in total. The molecule has 3 rings (SSSR count). The molecule has 0 aliphatic carbocycles. The van der Waals surface area contributed by atoms with E-state index < -0.39 is 6.09 Å². The first-order valence-electron chi connectivity index (χ1n) is 11.0. The lowest BCUT2D eigenvalue weighted by Gasteiger charge is -2.14. The van der Waals surface area contributed by atoms with Gasteiger partial charge in [-0.1, -0.05) is 12.1 Å². The van der Waals surface area contributed by atoms with Crippen molar-refractivity contribution in [2.24, 2.45) is 0 Å². The highest BCUT2D eigenvalue weighted by molar-refractivity contribution is 6.00. The van der Waals surface area contributed by atoms with E-state index in [4.69, 9.17) is 5.11 Å². The van der Waals surface area contributed by atoms with E-state index in [1.807, 2.05) is 37.3 Å². The minimum absolute atomic E-state index is 0.160. The molecular weight excluding hydrogens is 436 g/mol. The molecule has 4 amide bonds. The number of aromatic nitrogens is 2. The molecule has 0 bridgehead atoms. The average molecular weight is 465 g/mol. The second-order valence-electron chi connectivity index (χ2n) is 7.69. The molecule has 0 spiro atoms. The Balaban J connectivity index is 1.81. The quantitative estimate of drug-likeness (QED) is 0.383. The van der Waals surface area contributed by atoms with Crippen LogP contribution in [0.4, 0.5) is 15.4 Å². The van der Waals surface area contributed by atoms with E-state index >= 15 is 0 Å². The number of benzene rings is 1. The number of hydrogen-bond acceptors (Lipinski definition) is 5. The van der Waals surface area contributed by atoms with Gasteiger partial charge in [-0.3, -0.25) is 15.1 Å². The number of carbonyl (C=O) groups is 3. The van der Waals surface area contributed by atoms with Crippen LogP contribution >= 0.6 is 0 Å². The number of anilines is 1. The topological polar surface area (TPSA) is 137 Å². The molecule has 0 atom stereocenters. The molecule has 10 heteroatoms. The molecule has 10 nitrogen and oxygen atoms in total. The summed E-state index contributed by atoms with van der Waals surface area (Å²) in [5.74, 6) is 0.255. The number of nitrogens with zero attached hydrogens (tertiary/aromatic N) is 3. The van der Waals surface area contributed by atoms with Crippen molar-refractivity contribution >= 4 is 34.6 Å². The van der Waals surface area contributed by atoms with Gasteiger partial charge in [0.15, 0.2) is 0 Å². The Morgan fingerprint density at radius 3 is 2.53 bits per heavy atom. The molecule has 0 saturated heterocycles. The summed E-state index contributed by atoms with van der Waals surface area (Å²) in [6.07, 6.45) is 4.76. The molecule has 0 aliphatic rings. The molecule has 0 fully saturated rings. The Labute approximate surface area is 197 Å². The van der Waals surface area contributed by atoms with Crippen molar-refractivity contribution < 1.29 is 19.5 Å². The Morgan fingerprint density at radius 1 is 1.06 bits per heavy atom. The standard InChI is InChI=1S/C24H28N6O4/c1-3-26-23(32)29-21-13-19-18(16-8-10-25-11-9-16)7-6-17(20(19)15-27-21)14-28-22(31)5-4-12-30(2)24(33)34/h6-11,13,15H,3-5,12,14H2,1-2H3,(H,28,31)(H,33,34)(H2,26,27,29,32). The lowest BCUT2D eigenvalue weighted by molar-refractivity contribution is -0.121. The zero-order valence-corrected chi connectivity index (χ0v) is 19.2. The van der Waals surface area contributed by atoms with E-state index in [2.05, 4.69) is 25.9 Å². The van der Waals surface area contributed by atoms with Gasteiger partial charge in [0, 0.05) is 57.1 Å². The number of urea groups is 1. The molecular formula is C24H28N6O4. The third-order valence-electron chi connectivity index (χ3n) is 5.26. The van der Waals surface area contributed by atoms with Crippen LogP contribution in [0.1, 0.15) is 25.3 Å². The number of pyridine rings is 2. The van der Waals surface area contributed by atoms with Crippen LogP contribution in [0.2, 0.25) is 0 Å². The van der Waals surface area contributed by atoms with Crippen LogP contribution in [0.25, 0.3) is 21.9 Å². The maximum Gasteiger partial charge on any atom is 0.407 e. The van der Waals surface area contributed by atoms with E-state index in [0.717, 1.165) is 32.4 Å². The first-order valence-corrected chi connectivity index (χ1v) is 11.0. The lowest BCUT2D eigenvalue weighted by Crippen LogP contribution is -2.28. The molecule has 0 saturated carbocycles. The Hall–Kier alpha value is -4.21. The van der Waals surface area contributed by atoms with Crippen molar-refractivity contribution in [1.82, 2.24) is 25.5 Å². The summed E-state index contributed by atoms with van der Waals surface area (Å²) >= 11 is 0. The fourth-order valence-corrected chi connectivity index (χ4v) is 3.48. The molecule has 3 aromatic rings. The summed E-state index contributed by atoms with van der Waals surface area (Å²) < 4.78 is 0. The van der Waals surface area contributed by atoms with Crippen molar-refractivity contribution in [3.63, 3.8) is 0 Å². The maximum atomic E-state index is 12.3. The van der Waals surface area contributed by atoms with Gasteiger partial charge in [-0.15, -0.1) is 0 Å². The van der Waals surface area contributed by atoms with E-state index in [1.54, 1.807) is 18.6 Å². The van der Waals surface area contributed by atoms with Crippen molar-refractivity contribution in [2.75, 3.05) is 25.5 Å². The zero-order chi connectivity index (χ0) is 24.5.